The Hall–Kier alpha value is -3.39. The van der Waals surface area contributed by atoms with Crippen LogP contribution in [0, 0.1) is 6.92 Å². The minimum absolute atomic E-state index is 0.00458. The largest absolute Gasteiger partial charge is 0.493 e. The summed E-state index contributed by atoms with van der Waals surface area (Å²) in [6.07, 6.45) is 1.67. The molecule has 3 aromatic rings. The number of hydrogen-bond donors (Lipinski definition) is 0. The highest BCUT2D eigenvalue weighted by Crippen LogP contribution is 2.25. The number of rotatable bonds is 9. The van der Waals surface area contributed by atoms with E-state index in [1.54, 1.807) is 13.2 Å². The molecule has 0 spiro atoms. The van der Waals surface area contributed by atoms with Gasteiger partial charge >= 0.3 is 0 Å². The summed E-state index contributed by atoms with van der Waals surface area (Å²) in [5, 5.41) is 4.10. The monoisotopic (exact) mass is 450 g/mol. The molecule has 8 heteroatoms. The lowest BCUT2D eigenvalue weighted by Gasteiger charge is -2.34. The third kappa shape index (κ3) is 6.10. The maximum absolute atomic E-state index is 12.5. The van der Waals surface area contributed by atoms with E-state index in [0.717, 1.165) is 38.0 Å². The van der Waals surface area contributed by atoms with Crippen molar-refractivity contribution in [2.75, 3.05) is 46.4 Å². The number of nitrogens with zero attached hydrogens (tertiary/aromatic N) is 4. The van der Waals surface area contributed by atoms with Crippen molar-refractivity contribution in [2.24, 2.45) is 0 Å². The predicted molar refractivity (Wildman–Crippen MR) is 124 cm³/mol. The van der Waals surface area contributed by atoms with Crippen molar-refractivity contribution in [1.29, 1.82) is 0 Å². The van der Waals surface area contributed by atoms with Crippen molar-refractivity contribution in [1.82, 2.24) is 19.9 Å². The Kier molecular flexibility index (Phi) is 7.57. The van der Waals surface area contributed by atoms with E-state index >= 15 is 0 Å². The summed E-state index contributed by atoms with van der Waals surface area (Å²) in [4.78, 5) is 21.3. The van der Waals surface area contributed by atoms with Gasteiger partial charge in [-0.2, -0.15) is 4.98 Å². The normalized spacial score (nSPS) is 14.3. The molecule has 0 N–H and O–H groups in total. The van der Waals surface area contributed by atoms with Gasteiger partial charge in [0.2, 0.25) is 11.7 Å². The number of para-hydroxylation sites is 2. The fourth-order valence-corrected chi connectivity index (χ4v) is 3.82. The zero-order valence-electron chi connectivity index (χ0n) is 19.2. The van der Waals surface area contributed by atoms with E-state index in [2.05, 4.69) is 22.0 Å². The Morgan fingerprint density at radius 1 is 1.03 bits per heavy atom. The second kappa shape index (κ2) is 11.0. The average molecular weight is 451 g/mol. The lowest BCUT2D eigenvalue weighted by atomic mass is 10.1. The van der Waals surface area contributed by atoms with Crippen molar-refractivity contribution in [3.63, 3.8) is 0 Å². The quantitative estimate of drug-likeness (QED) is 0.495. The number of amides is 1. The summed E-state index contributed by atoms with van der Waals surface area (Å²) >= 11 is 0. The SMILES string of the molecule is COc1ccccc1OCC(=O)N1CCN(CCCc2nc(-c3ccc(C)cc3)no2)CC1. The maximum atomic E-state index is 12.5. The first kappa shape index (κ1) is 22.8. The Labute approximate surface area is 194 Å². The fraction of sp³-hybridized carbons (Fsp3) is 0.400. The first-order valence-electron chi connectivity index (χ1n) is 11.3. The van der Waals surface area contributed by atoms with Crippen LogP contribution in [0.1, 0.15) is 17.9 Å². The van der Waals surface area contributed by atoms with Gasteiger partial charge in [-0.25, -0.2) is 0 Å². The molecule has 0 unspecified atom stereocenters. The van der Waals surface area contributed by atoms with Gasteiger partial charge in [0, 0.05) is 38.2 Å². The first-order valence-corrected chi connectivity index (χ1v) is 11.3. The van der Waals surface area contributed by atoms with Gasteiger partial charge in [0.25, 0.3) is 5.91 Å². The van der Waals surface area contributed by atoms with Crippen molar-refractivity contribution in [2.45, 2.75) is 19.8 Å². The molecule has 1 amide bonds. The van der Waals surface area contributed by atoms with Crippen LogP contribution in [0.15, 0.2) is 53.1 Å². The molecule has 1 aliphatic rings. The zero-order valence-corrected chi connectivity index (χ0v) is 19.2. The molecule has 0 saturated carbocycles. The molecule has 1 aliphatic heterocycles. The molecule has 2 heterocycles. The van der Waals surface area contributed by atoms with Crippen LogP contribution in [0.2, 0.25) is 0 Å². The summed E-state index contributed by atoms with van der Waals surface area (Å²) in [5.41, 5.74) is 2.17. The highest BCUT2D eigenvalue weighted by atomic mass is 16.5. The van der Waals surface area contributed by atoms with Gasteiger partial charge in [-0.1, -0.05) is 47.1 Å². The smallest absolute Gasteiger partial charge is 0.260 e. The van der Waals surface area contributed by atoms with E-state index in [1.165, 1.54) is 5.56 Å². The molecule has 0 radical (unpaired) electrons. The molecule has 0 aliphatic carbocycles. The molecule has 33 heavy (non-hydrogen) atoms. The van der Waals surface area contributed by atoms with Gasteiger partial charge < -0.3 is 18.9 Å². The van der Waals surface area contributed by atoms with Crippen LogP contribution in [0.5, 0.6) is 11.5 Å². The average Bonchev–Trinajstić information content (AvgIpc) is 3.32. The topological polar surface area (TPSA) is 80.9 Å². The molecule has 174 valence electrons. The summed E-state index contributed by atoms with van der Waals surface area (Å²) in [6.45, 7) is 6.09. The van der Waals surface area contributed by atoms with Crippen LogP contribution in [0.25, 0.3) is 11.4 Å². The van der Waals surface area contributed by atoms with Crippen LogP contribution in [-0.2, 0) is 11.2 Å². The summed E-state index contributed by atoms with van der Waals surface area (Å²) in [6, 6.07) is 15.4. The number of carbonyl (C=O) groups excluding carboxylic acids is 1. The fourth-order valence-electron chi connectivity index (χ4n) is 3.82. The Morgan fingerprint density at radius 2 is 1.76 bits per heavy atom. The van der Waals surface area contributed by atoms with Crippen LogP contribution >= 0.6 is 0 Å². The number of ether oxygens (including phenoxy) is 2. The Morgan fingerprint density at radius 3 is 2.48 bits per heavy atom. The number of hydrogen-bond acceptors (Lipinski definition) is 7. The zero-order chi connectivity index (χ0) is 23.0. The minimum atomic E-state index is -0.00458. The van der Waals surface area contributed by atoms with Crippen LogP contribution in [-0.4, -0.2) is 72.3 Å². The number of carbonyl (C=O) groups is 1. The number of aryl methyl sites for hydroxylation is 2. The van der Waals surface area contributed by atoms with Crippen molar-refractivity contribution < 1.29 is 18.8 Å². The second-order valence-corrected chi connectivity index (χ2v) is 8.14. The van der Waals surface area contributed by atoms with Gasteiger partial charge in [-0.15, -0.1) is 0 Å². The molecular formula is C25H30N4O4. The lowest BCUT2D eigenvalue weighted by Crippen LogP contribution is -2.50. The van der Waals surface area contributed by atoms with E-state index < -0.39 is 0 Å². The molecule has 2 aromatic carbocycles. The summed E-state index contributed by atoms with van der Waals surface area (Å²) < 4.78 is 16.3. The molecule has 8 nitrogen and oxygen atoms in total. The minimum Gasteiger partial charge on any atom is -0.493 e. The van der Waals surface area contributed by atoms with Crippen LogP contribution in [0.3, 0.4) is 0 Å². The second-order valence-electron chi connectivity index (χ2n) is 8.14. The van der Waals surface area contributed by atoms with Gasteiger partial charge in [0.1, 0.15) is 0 Å². The van der Waals surface area contributed by atoms with Crippen LogP contribution in [0.4, 0.5) is 0 Å². The summed E-state index contributed by atoms with van der Waals surface area (Å²) in [7, 11) is 1.59. The van der Waals surface area contributed by atoms with Gasteiger partial charge in [-0.05, 0) is 32.0 Å². The van der Waals surface area contributed by atoms with E-state index in [1.807, 2.05) is 47.4 Å². The van der Waals surface area contributed by atoms with Crippen LogP contribution < -0.4 is 9.47 Å². The number of benzene rings is 2. The molecular weight excluding hydrogens is 420 g/mol. The molecule has 4 rings (SSSR count). The summed E-state index contributed by atoms with van der Waals surface area (Å²) in [5.74, 6) is 2.50. The van der Waals surface area contributed by atoms with Gasteiger partial charge in [0.05, 0.1) is 7.11 Å². The molecule has 0 bridgehead atoms. The van der Waals surface area contributed by atoms with E-state index in [0.29, 0.717) is 36.3 Å². The highest BCUT2D eigenvalue weighted by molar-refractivity contribution is 5.78. The molecule has 1 fully saturated rings. The van der Waals surface area contributed by atoms with Crippen molar-refractivity contribution >= 4 is 5.91 Å². The van der Waals surface area contributed by atoms with Crippen molar-refractivity contribution in [3.05, 3.63) is 60.0 Å². The third-order valence-corrected chi connectivity index (χ3v) is 5.79. The van der Waals surface area contributed by atoms with E-state index in [4.69, 9.17) is 14.0 Å². The maximum Gasteiger partial charge on any atom is 0.260 e. The van der Waals surface area contributed by atoms with E-state index in [-0.39, 0.29) is 12.5 Å². The lowest BCUT2D eigenvalue weighted by molar-refractivity contribution is -0.135. The number of aromatic nitrogens is 2. The number of methoxy groups -OCH3 is 1. The number of piperazine rings is 1. The molecule has 1 aromatic heterocycles. The van der Waals surface area contributed by atoms with Crippen molar-refractivity contribution in [3.8, 4) is 22.9 Å². The third-order valence-electron chi connectivity index (χ3n) is 5.79. The van der Waals surface area contributed by atoms with E-state index in [9.17, 15) is 4.79 Å². The van der Waals surface area contributed by atoms with Gasteiger partial charge in [0.15, 0.2) is 18.1 Å². The Balaban J connectivity index is 1.16. The highest BCUT2D eigenvalue weighted by Gasteiger charge is 2.21. The molecule has 0 atom stereocenters. The Bertz CT molecular complexity index is 1040. The predicted octanol–water partition coefficient (Wildman–Crippen LogP) is 3.21. The standard InChI is InChI=1S/C25H30N4O4/c1-19-9-11-20(12-10-19)25-26-23(33-27-25)8-5-13-28-14-16-29(17-15-28)24(30)18-32-22-7-4-3-6-21(22)31-2/h3-4,6-7,9-12H,5,8,13-18H2,1-2H3. The molecule has 1 saturated heterocycles. The van der Waals surface area contributed by atoms with Gasteiger partial charge in [-0.3, -0.25) is 9.69 Å². The first-order chi connectivity index (χ1) is 16.1.